The van der Waals surface area contributed by atoms with Gasteiger partial charge in [-0.3, -0.25) is 9.29 Å². The number of amides is 1. The van der Waals surface area contributed by atoms with Gasteiger partial charge in [-0.25, -0.2) is 13.2 Å². The van der Waals surface area contributed by atoms with E-state index in [1.807, 2.05) is 24.3 Å². The summed E-state index contributed by atoms with van der Waals surface area (Å²) in [6.07, 6.45) is 2.34. The maximum atomic E-state index is 13.6. The van der Waals surface area contributed by atoms with Crippen molar-refractivity contribution in [3.8, 4) is 0 Å². The van der Waals surface area contributed by atoms with Gasteiger partial charge in [0.05, 0.1) is 28.9 Å². The van der Waals surface area contributed by atoms with Crippen LogP contribution in [0.5, 0.6) is 0 Å². The molecule has 0 bridgehead atoms. The molecule has 0 fully saturated rings. The number of carbonyl (C=O) groups is 1. The normalized spacial score (nSPS) is 15.6. The minimum absolute atomic E-state index is 0.0630. The number of sulfonamides is 1. The van der Waals surface area contributed by atoms with E-state index in [1.54, 1.807) is 43.6 Å². The average molecular weight is 486 g/mol. The number of ether oxygens (including phenoxy) is 1. The first-order valence-electron chi connectivity index (χ1n) is 10.5. The third-order valence-corrected chi connectivity index (χ3v) is 7.65. The molecule has 1 aliphatic heterocycles. The molecule has 0 aliphatic carbocycles. The van der Waals surface area contributed by atoms with Crippen LogP contribution in [0.25, 0.3) is 0 Å². The summed E-state index contributed by atoms with van der Waals surface area (Å²) in [5.41, 5.74) is 2.27. The van der Waals surface area contributed by atoms with Crippen molar-refractivity contribution in [1.82, 2.24) is 9.88 Å². The maximum absolute atomic E-state index is 13.6. The lowest BCUT2D eigenvalue weighted by Crippen LogP contribution is -2.47. The zero-order chi connectivity index (χ0) is 23.4. The van der Waals surface area contributed by atoms with Crippen LogP contribution in [0, 0.1) is 0 Å². The summed E-state index contributed by atoms with van der Waals surface area (Å²) in [4.78, 5) is 18.4. The molecule has 1 unspecified atom stereocenters. The molecule has 0 N–H and O–H groups in total. The van der Waals surface area contributed by atoms with Gasteiger partial charge in [0.1, 0.15) is 6.61 Å². The molecule has 0 saturated carbocycles. The van der Waals surface area contributed by atoms with Crippen molar-refractivity contribution in [3.63, 3.8) is 0 Å². The number of rotatable bonds is 6. The number of fused-ring (bicyclic) bond motifs is 1. The molecule has 7 nitrogen and oxygen atoms in total. The Balaban J connectivity index is 1.55. The highest BCUT2D eigenvalue weighted by atomic mass is 35.5. The fraction of sp³-hybridized carbons (Fsp3) is 0.250. The lowest BCUT2D eigenvalue weighted by Gasteiger charge is -2.37. The summed E-state index contributed by atoms with van der Waals surface area (Å²) >= 11 is 5.95. The number of nitrogens with zero attached hydrogens (tertiary/aromatic N) is 3. The zero-order valence-corrected chi connectivity index (χ0v) is 19.7. The molecule has 2 heterocycles. The van der Waals surface area contributed by atoms with E-state index in [0.717, 1.165) is 11.3 Å². The van der Waals surface area contributed by atoms with E-state index in [1.165, 1.54) is 21.3 Å². The van der Waals surface area contributed by atoms with Gasteiger partial charge >= 0.3 is 6.09 Å². The third kappa shape index (κ3) is 5.12. The van der Waals surface area contributed by atoms with Gasteiger partial charge in [0.15, 0.2) is 0 Å². The highest BCUT2D eigenvalue weighted by molar-refractivity contribution is 7.92. The smallest absolute Gasteiger partial charge is 0.409 e. The molecule has 1 aliphatic rings. The second-order valence-electron chi connectivity index (χ2n) is 7.83. The Morgan fingerprint density at radius 3 is 2.58 bits per heavy atom. The van der Waals surface area contributed by atoms with E-state index < -0.39 is 22.2 Å². The Bertz CT molecular complexity index is 1220. The monoisotopic (exact) mass is 485 g/mol. The van der Waals surface area contributed by atoms with Crippen molar-refractivity contribution in [2.45, 2.75) is 30.3 Å². The van der Waals surface area contributed by atoms with Gasteiger partial charge in [-0.1, -0.05) is 35.9 Å². The molecule has 33 heavy (non-hydrogen) atoms. The zero-order valence-electron chi connectivity index (χ0n) is 18.1. The number of benzene rings is 2. The first-order chi connectivity index (χ1) is 15.9. The van der Waals surface area contributed by atoms with Gasteiger partial charge in [0.2, 0.25) is 0 Å². The molecule has 1 atom stereocenters. The Morgan fingerprint density at radius 1 is 1.12 bits per heavy atom. The van der Waals surface area contributed by atoms with Crippen LogP contribution in [0.15, 0.2) is 77.8 Å². The van der Waals surface area contributed by atoms with Crippen molar-refractivity contribution >= 4 is 33.4 Å². The van der Waals surface area contributed by atoms with Crippen LogP contribution in [-0.4, -0.2) is 44.1 Å². The third-order valence-electron chi connectivity index (χ3n) is 5.51. The second kappa shape index (κ2) is 9.80. The highest BCUT2D eigenvalue weighted by Gasteiger charge is 2.36. The number of hydrogen-bond donors (Lipinski definition) is 0. The number of carbonyl (C=O) groups excluding carboxylic acids is 1. The maximum Gasteiger partial charge on any atom is 0.409 e. The molecule has 3 aromatic rings. The Labute approximate surface area is 198 Å². The van der Waals surface area contributed by atoms with E-state index in [2.05, 4.69) is 4.98 Å². The summed E-state index contributed by atoms with van der Waals surface area (Å²) in [5.74, 6) is 0. The van der Waals surface area contributed by atoms with Crippen LogP contribution in [0.4, 0.5) is 10.5 Å². The minimum atomic E-state index is -3.90. The number of halogens is 1. The molecule has 172 valence electrons. The molecule has 0 radical (unpaired) electrons. The SMILES string of the molecule is CN(Cc1ccccn1)C(=O)OCC1CCc2ccccc2N1S(=O)(=O)c1ccc(Cl)cc1. The number of aromatic nitrogens is 1. The number of para-hydroxylation sites is 1. The van der Waals surface area contributed by atoms with Crippen LogP contribution in [-0.2, 0) is 27.7 Å². The molecule has 0 saturated heterocycles. The fourth-order valence-electron chi connectivity index (χ4n) is 3.85. The predicted octanol–water partition coefficient (Wildman–Crippen LogP) is 4.51. The summed E-state index contributed by atoms with van der Waals surface area (Å²) in [5, 5.41) is 0.453. The van der Waals surface area contributed by atoms with Gasteiger partial charge in [0.25, 0.3) is 10.0 Å². The van der Waals surface area contributed by atoms with Crippen molar-refractivity contribution < 1.29 is 17.9 Å². The summed E-state index contributed by atoms with van der Waals surface area (Å²) in [6, 6.07) is 18.4. The van der Waals surface area contributed by atoms with Crippen LogP contribution in [0.1, 0.15) is 17.7 Å². The van der Waals surface area contributed by atoms with Crippen LogP contribution in [0.2, 0.25) is 5.02 Å². The largest absolute Gasteiger partial charge is 0.447 e. The van der Waals surface area contributed by atoms with Crippen LogP contribution >= 0.6 is 11.6 Å². The molecular formula is C24H24ClN3O4S. The molecule has 0 spiro atoms. The van der Waals surface area contributed by atoms with Crippen molar-refractivity contribution in [2.75, 3.05) is 18.0 Å². The lowest BCUT2D eigenvalue weighted by atomic mass is 9.98. The average Bonchev–Trinajstić information content (AvgIpc) is 2.82. The topological polar surface area (TPSA) is 79.8 Å². The summed E-state index contributed by atoms with van der Waals surface area (Å²) in [7, 11) is -2.28. The fourth-order valence-corrected chi connectivity index (χ4v) is 5.68. The Kier molecular flexibility index (Phi) is 6.85. The van der Waals surface area contributed by atoms with Gasteiger partial charge < -0.3 is 9.64 Å². The minimum Gasteiger partial charge on any atom is -0.447 e. The van der Waals surface area contributed by atoms with E-state index in [0.29, 0.717) is 30.1 Å². The van der Waals surface area contributed by atoms with E-state index >= 15 is 0 Å². The van der Waals surface area contributed by atoms with Crippen molar-refractivity contribution in [2.24, 2.45) is 0 Å². The lowest BCUT2D eigenvalue weighted by molar-refractivity contribution is 0.102. The van der Waals surface area contributed by atoms with Crippen molar-refractivity contribution in [3.05, 3.63) is 89.2 Å². The molecule has 1 aromatic heterocycles. The van der Waals surface area contributed by atoms with Crippen LogP contribution < -0.4 is 4.31 Å². The van der Waals surface area contributed by atoms with Crippen molar-refractivity contribution in [1.29, 1.82) is 0 Å². The highest BCUT2D eigenvalue weighted by Crippen LogP contribution is 2.35. The Hall–Kier alpha value is -3.10. The standard InChI is InChI=1S/C24H24ClN3O4S/c1-27(16-20-7-4-5-15-26-20)24(29)32-17-21-12-9-18-6-2-3-8-23(18)28(21)33(30,31)22-13-10-19(25)11-14-22/h2-8,10-11,13-15,21H,9,12,16-17H2,1H3. The number of hydrogen-bond acceptors (Lipinski definition) is 5. The first-order valence-corrected chi connectivity index (χ1v) is 12.3. The van der Waals surface area contributed by atoms with E-state index in [9.17, 15) is 13.2 Å². The van der Waals surface area contributed by atoms with Gasteiger partial charge in [-0.15, -0.1) is 0 Å². The van der Waals surface area contributed by atoms with Gasteiger partial charge in [-0.05, 0) is 60.9 Å². The quantitative estimate of drug-likeness (QED) is 0.513. The number of pyridine rings is 1. The number of aryl methyl sites for hydroxylation is 1. The van der Waals surface area contributed by atoms with Gasteiger partial charge in [0, 0.05) is 18.3 Å². The van der Waals surface area contributed by atoms with Crippen LogP contribution in [0.3, 0.4) is 0 Å². The first kappa shape index (κ1) is 23.1. The summed E-state index contributed by atoms with van der Waals surface area (Å²) < 4.78 is 34.1. The molecular weight excluding hydrogens is 462 g/mol. The second-order valence-corrected chi connectivity index (χ2v) is 10.1. The van der Waals surface area contributed by atoms with E-state index in [-0.39, 0.29) is 11.5 Å². The Morgan fingerprint density at radius 2 is 1.85 bits per heavy atom. The predicted molar refractivity (Wildman–Crippen MR) is 127 cm³/mol. The molecule has 2 aromatic carbocycles. The summed E-state index contributed by atoms with van der Waals surface area (Å²) in [6.45, 7) is 0.229. The molecule has 4 rings (SSSR count). The van der Waals surface area contributed by atoms with E-state index in [4.69, 9.17) is 16.3 Å². The van der Waals surface area contributed by atoms with Gasteiger partial charge in [-0.2, -0.15) is 0 Å². The number of anilines is 1. The molecule has 1 amide bonds. The molecule has 9 heteroatoms.